The van der Waals surface area contributed by atoms with Gasteiger partial charge < -0.3 is 9.84 Å². The van der Waals surface area contributed by atoms with E-state index in [4.69, 9.17) is 9.84 Å². The van der Waals surface area contributed by atoms with Gasteiger partial charge in [0, 0.05) is 11.1 Å². The maximum atomic E-state index is 11.8. The number of hydrogen-bond donors (Lipinski definition) is 1. The fourth-order valence-electron chi connectivity index (χ4n) is 1.54. The van der Waals surface area contributed by atoms with Crippen LogP contribution in [-0.2, 0) is 14.3 Å². The van der Waals surface area contributed by atoms with Crippen LogP contribution in [0.4, 0.5) is 0 Å². The second kappa shape index (κ2) is 8.79. The predicted octanol–water partition coefficient (Wildman–Crippen LogP) is 2.92. The van der Waals surface area contributed by atoms with Gasteiger partial charge in [-0.25, -0.2) is 9.59 Å². The highest BCUT2D eigenvalue weighted by molar-refractivity contribution is 5.99. The minimum absolute atomic E-state index is 0.204. The van der Waals surface area contributed by atoms with Crippen molar-refractivity contribution in [2.75, 3.05) is 6.61 Å². The summed E-state index contributed by atoms with van der Waals surface area (Å²) in [6, 6.07) is 0. The number of ether oxygens (including phenoxy) is 1. The SMILES string of the molecule is CCCOC(=O)/C(CCC)=C(\CCC)C(=O)O. The van der Waals surface area contributed by atoms with Crippen molar-refractivity contribution in [2.45, 2.75) is 52.9 Å². The molecule has 0 aromatic heterocycles. The molecule has 0 radical (unpaired) electrons. The van der Waals surface area contributed by atoms with E-state index in [1.54, 1.807) is 0 Å². The van der Waals surface area contributed by atoms with Crippen LogP contribution in [0.25, 0.3) is 0 Å². The molecule has 0 atom stereocenters. The van der Waals surface area contributed by atoms with E-state index in [-0.39, 0.29) is 5.57 Å². The number of esters is 1. The maximum Gasteiger partial charge on any atom is 0.334 e. The van der Waals surface area contributed by atoms with Crippen molar-refractivity contribution in [1.29, 1.82) is 0 Å². The van der Waals surface area contributed by atoms with Crippen LogP contribution in [0.2, 0.25) is 0 Å². The van der Waals surface area contributed by atoms with Crippen molar-refractivity contribution in [2.24, 2.45) is 0 Å². The van der Waals surface area contributed by atoms with Gasteiger partial charge in [0.15, 0.2) is 0 Å². The van der Waals surface area contributed by atoms with Crippen LogP contribution in [0.5, 0.6) is 0 Å². The summed E-state index contributed by atoms with van der Waals surface area (Å²) < 4.78 is 5.02. The van der Waals surface area contributed by atoms with Gasteiger partial charge in [0.2, 0.25) is 0 Å². The standard InChI is InChI=1S/C13H22O4/c1-4-7-10(12(14)15)11(8-5-2)13(16)17-9-6-3/h4-9H2,1-3H3,(H,14,15)/b11-10+. The normalized spacial score (nSPS) is 11.9. The van der Waals surface area contributed by atoms with Gasteiger partial charge in [0.1, 0.15) is 0 Å². The van der Waals surface area contributed by atoms with Crippen molar-refractivity contribution in [1.82, 2.24) is 0 Å². The quantitative estimate of drug-likeness (QED) is 0.525. The van der Waals surface area contributed by atoms with Crippen LogP contribution in [0.3, 0.4) is 0 Å². The molecule has 0 aromatic rings. The third kappa shape index (κ3) is 5.52. The molecule has 0 aliphatic carbocycles. The fourth-order valence-corrected chi connectivity index (χ4v) is 1.54. The Morgan fingerprint density at radius 1 is 0.941 bits per heavy atom. The molecule has 1 N–H and O–H groups in total. The van der Waals surface area contributed by atoms with Crippen molar-refractivity contribution in [3.05, 3.63) is 11.1 Å². The van der Waals surface area contributed by atoms with E-state index in [2.05, 4.69) is 0 Å². The second-order valence-corrected chi connectivity index (χ2v) is 3.90. The summed E-state index contributed by atoms with van der Waals surface area (Å²) in [5, 5.41) is 9.11. The van der Waals surface area contributed by atoms with Crippen LogP contribution in [0, 0.1) is 0 Å². The third-order valence-corrected chi connectivity index (χ3v) is 2.31. The first-order valence-electron chi connectivity index (χ1n) is 6.20. The van der Waals surface area contributed by atoms with Gasteiger partial charge in [0.05, 0.1) is 6.61 Å². The number of carboxylic acid groups (broad SMARTS) is 1. The Balaban J connectivity index is 5.04. The Bertz CT molecular complexity index is 292. The van der Waals surface area contributed by atoms with Gasteiger partial charge in [-0.05, 0) is 19.3 Å². The monoisotopic (exact) mass is 242 g/mol. The molecule has 0 heterocycles. The number of hydrogen-bond acceptors (Lipinski definition) is 3. The van der Waals surface area contributed by atoms with E-state index in [0.717, 1.165) is 12.8 Å². The maximum absolute atomic E-state index is 11.8. The summed E-state index contributed by atoms with van der Waals surface area (Å²) in [6.45, 7) is 6.05. The van der Waals surface area contributed by atoms with Crippen molar-refractivity contribution in [3.8, 4) is 0 Å². The van der Waals surface area contributed by atoms with Gasteiger partial charge in [-0.2, -0.15) is 0 Å². The molecule has 0 unspecified atom stereocenters. The highest BCUT2D eigenvalue weighted by atomic mass is 16.5. The van der Waals surface area contributed by atoms with E-state index < -0.39 is 11.9 Å². The predicted molar refractivity (Wildman–Crippen MR) is 65.7 cm³/mol. The number of aliphatic carboxylic acids is 1. The zero-order chi connectivity index (χ0) is 13.3. The Labute approximate surface area is 103 Å². The van der Waals surface area contributed by atoms with Crippen LogP contribution in [0.15, 0.2) is 11.1 Å². The van der Waals surface area contributed by atoms with E-state index >= 15 is 0 Å². The van der Waals surface area contributed by atoms with E-state index in [9.17, 15) is 9.59 Å². The molecule has 98 valence electrons. The Morgan fingerprint density at radius 2 is 1.47 bits per heavy atom. The molecule has 0 spiro atoms. The smallest absolute Gasteiger partial charge is 0.334 e. The van der Waals surface area contributed by atoms with Crippen LogP contribution < -0.4 is 0 Å². The van der Waals surface area contributed by atoms with Crippen LogP contribution in [0.1, 0.15) is 52.9 Å². The average molecular weight is 242 g/mol. The second-order valence-electron chi connectivity index (χ2n) is 3.90. The zero-order valence-electron chi connectivity index (χ0n) is 10.9. The van der Waals surface area contributed by atoms with Crippen LogP contribution in [-0.4, -0.2) is 23.7 Å². The minimum Gasteiger partial charge on any atom is -0.478 e. The first-order valence-corrected chi connectivity index (χ1v) is 6.20. The first-order chi connectivity index (χ1) is 8.08. The van der Waals surface area contributed by atoms with E-state index in [0.29, 0.717) is 31.4 Å². The number of rotatable bonds is 8. The molecule has 0 aliphatic heterocycles. The zero-order valence-corrected chi connectivity index (χ0v) is 10.9. The number of carboxylic acids is 1. The lowest BCUT2D eigenvalue weighted by Crippen LogP contribution is -2.15. The Kier molecular flexibility index (Phi) is 8.11. The summed E-state index contributed by atoms with van der Waals surface area (Å²) in [5.41, 5.74) is 0.533. The van der Waals surface area contributed by atoms with Crippen molar-refractivity contribution >= 4 is 11.9 Å². The lowest BCUT2D eigenvalue weighted by atomic mass is 10.00. The lowest BCUT2D eigenvalue weighted by molar-refractivity contribution is -0.140. The highest BCUT2D eigenvalue weighted by Gasteiger charge is 2.20. The third-order valence-electron chi connectivity index (χ3n) is 2.31. The minimum atomic E-state index is -1.01. The molecule has 4 nitrogen and oxygen atoms in total. The molecule has 0 fully saturated rings. The molecule has 0 aromatic carbocycles. The lowest BCUT2D eigenvalue weighted by Gasteiger charge is -2.10. The van der Waals surface area contributed by atoms with Gasteiger partial charge >= 0.3 is 11.9 Å². The molecule has 0 saturated carbocycles. The molecular formula is C13H22O4. The van der Waals surface area contributed by atoms with E-state index in [1.165, 1.54) is 0 Å². The average Bonchev–Trinajstić information content (AvgIpc) is 2.30. The topological polar surface area (TPSA) is 63.6 Å². The molecule has 0 saturated heterocycles. The molecule has 17 heavy (non-hydrogen) atoms. The molecule has 0 rings (SSSR count). The number of carbonyl (C=O) groups excluding carboxylic acids is 1. The summed E-state index contributed by atoms with van der Waals surface area (Å²) in [4.78, 5) is 22.9. The molecular weight excluding hydrogens is 220 g/mol. The summed E-state index contributed by atoms with van der Waals surface area (Å²) in [6.07, 6.45) is 3.05. The highest BCUT2D eigenvalue weighted by Crippen LogP contribution is 2.18. The molecule has 0 aliphatic rings. The Morgan fingerprint density at radius 3 is 1.88 bits per heavy atom. The van der Waals surface area contributed by atoms with Crippen molar-refractivity contribution < 1.29 is 19.4 Å². The molecule has 4 heteroatoms. The molecule has 0 bridgehead atoms. The number of carbonyl (C=O) groups is 2. The summed E-state index contributed by atoms with van der Waals surface area (Å²) in [7, 11) is 0. The fraction of sp³-hybridized carbons (Fsp3) is 0.692. The summed E-state index contributed by atoms with van der Waals surface area (Å²) >= 11 is 0. The van der Waals surface area contributed by atoms with E-state index in [1.807, 2.05) is 20.8 Å². The summed E-state index contributed by atoms with van der Waals surface area (Å²) in [5.74, 6) is -1.48. The van der Waals surface area contributed by atoms with Gasteiger partial charge in [-0.15, -0.1) is 0 Å². The molecule has 0 amide bonds. The van der Waals surface area contributed by atoms with Gasteiger partial charge in [-0.1, -0.05) is 33.6 Å². The Hall–Kier alpha value is -1.32. The van der Waals surface area contributed by atoms with Crippen molar-refractivity contribution in [3.63, 3.8) is 0 Å². The van der Waals surface area contributed by atoms with Crippen LogP contribution >= 0.6 is 0 Å². The largest absolute Gasteiger partial charge is 0.478 e. The van der Waals surface area contributed by atoms with Gasteiger partial charge in [-0.3, -0.25) is 0 Å². The van der Waals surface area contributed by atoms with Gasteiger partial charge in [0.25, 0.3) is 0 Å². The first kappa shape index (κ1) is 15.7.